The Kier molecular flexibility index (Phi) is 3.81. The van der Waals surface area contributed by atoms with Gasteiger partial charge in [-0.3, -0.25) is 0 Å². The Bertz CT molecular complexity index is 326. The van der Waals surface area contributed by atoms with Gasteiger partial charge in [0.1, 0.15) is 0 Å². The van der Waals surface area contributed by atoms with Gasteiger partial charge in [-0.15, -0.1) is 0 Å². The molecule has 0 bridgehead atoms. The van der Waals surface area contributed by atoms with Crippen molar-refractivity contribution in [2.75, 3.05) is 19.8 Å². The quantitative estimate of drug-likeness (QED) is 0.770. The topological polar surface area (TPSA) is 21.3 Å². The van der Waals surface area contributed by atoms with Crippen molar-refractivity contribution in [2.24, 2.45) is 0 Å². The third kappa shape index (κ3) is 2.48. The molecule has 0 unspecified atom stereocenters. The second-order valence-corrected chi connectivity index (χ2v) is 5.33. The third-order valence-corrected chi connectivity index (χ3v) is 3.73. The number of rotatable bonds is 1. The summed E-state index contributed by atoms with van der Waals surface area (Å²) < 4.78 is 7.86. The van der Waals surface area contributed by atoms with Crippen LogP contribution in [0.4, 0.5) is 0 Å². The van der Waals surface area contributed by atoms with Gasteiger partial charge < -0.3 is 10.1 Å². The Morgan fingerprint density at radius 2 is 2.36 bits per heavy atom. The molecule has 1 aromatic carbocycles. The molecule has 14 heavy (non-hydrogen) atoms. The van der Waals surface area contributed by atoms with E-state index in [4.69, 9.17) is 4.74 Å². The van der Waals surface area contributed by atoms with Crippen LogP contribution in [0.5, 0.6) is 0 Å². The van der Waals surface area contributed by atoms with E-state index in [9.17, 15) is 0 Å². The maximum absolute atomic E-state index is 5.45. The second kappa shape index (κ2) is 4.92. The van der Waals surface area contributed by atoms with Crippen LogP contribution in [-0.4, -0.2) is 19.8 Å². The minimum Gasteiger partial charge on any atom is -0.378 e. The Morgan fingerprint density at radius 3 is 3.07 bits per heavy atom. The van der Waals surface area contributed by atoms with Gasteiger partial charge in [-0.1, -0.05) is 15.9 Å². The molecule has 1 heterocycles. The zero-order valence-corrected chi connectivity index (χ0v) is 11.3. The molecule has 0 saturated carbocycles. The summed E-state index contributed by atoms with van der Waals surface area (Å²) in [7, 11) is 0. The van der Waals surface area contributed by atoms with E-state index < -0.39 is 0 Å². The predicted octanol–water partition coefficient (Wildman–Crippen LogP) is 2.71. The van der Waals surface area contributed by atoms with Gasteiger partial charge in [-0.05, 0) is 46.4 Å². The SMILES string of the molecule is Brc1ccc(I)c([C@@H]2COCCN2)c1. The van der Waals surface area contributed by atoms with E-state index in [-0.39, 0.29) is 0 Å². The summed E-state index contributed by atoms with van der Waals surface area (Å²) in [5.41, 5.74) is 1.32. The first-order chi connectivity index (χ1) is 6.77. The smallest absolute Gasteiger partial charge is 0.0662 e. The van der Waals surface area contributed by atoms with E-state index in [2.05, 4.69) is 62.0 Å². The molecule has 2 nitrogen and oxygen atoms in total. The fraction of sp³-hybridized carbons (Fsp3) is 0.400. The van der Waals surface area contributed by atoms with Crippen molar-refractivity contribution in [3.05, 3.63) is 31.8 Å². The van der Waals surface area contributed by atoms with Gasteiger partial charge in [-0.25, -0.2) is 0 Å². The van der Waals surface area contributed by atoms with Gasteiger partial charge in [0.2, 0.25) is 0 Å². The van der Waals surface area contributed by atoms with E-state index in [1.165, 1.54) is 9.13 Å². The number of ether oxygens (including phenoxy) is 1. The van der Waals surface area contributed by atoms with Gasteiger partial charge in [0.25, 0.3) is 0 Å². The number of nitrogens with one attached hydrogen (secondary N) is 1. The van der Waals surface area contributed by atoms with Crippen molar-refractivity contribution < 1.29 is 4.74 Å². The number of halogens is 2. The van der Waals surface area contributed by atoms with Crippen molar-refractivity contribution in [1.29, 1.82) is 0 Å². The summed E-state index contributed by atoms with van der Waals surface area (Å²) >= 11 is 5.85. The van der Waals surface area contributed by atoms with E-state index in [1.54, 1.807) is 0 Å². The van der Waals surface area contributed by atoms with Crippen LogP contribution in [0.15, 0.2) is 22.7 Å². The molecule has 1 N–H and O–H groups in total. The third-order valence-electron chi connectivity index (χ3n) is 2.26. The van der Waals surface area contributed by atoms with Gasteiger partial charge in [0, 0.05) is 14.6 Å². The molecule has 0 amide bonds. The van der Waals surface area contributed by atoms with Gasteiger partial charge in [-0.2, -0.15) is 0 Å². The van der Waals surface area contributed by atoms with Crippen molar-refractivity contribution in [3.63, 3.8) is 0 Å². The molecule has 0 radical (unpaired) electrons. The highest BCUT2D eigenvalue weighted by atomic mass is 127. The molecule has 1 aliphatic heterocycles. The van der Waals surface area contributed by atoms with Crippen LogP contribution < -0.4 is 5.32 Å². The molecule has 4 heteroatoms. The lowest BCUT2D eigenvalue weighted by Gasteiger charge is -2.25. The summed E-state index contributed by atoms with van der Waals surface area (Å²) in [5.74, 6) is 0. The zero-order chi connectivity index (χ0) is 9.97. The van der Waals surface area contributed by atoms with Gasteiger partial charge in [0.15, 0.2) is 0 Å². The van der Waals surface area contributed by atoms with Gasteiger partial charge in [0.05, 0.1) is 19.3 Å². The Morgan fingerprint density at radius 1 is 1.50 bits per heavy atom. The number of hydrogen-bond acceptors (Lipinski definition) is 2. The fourth-order valence-corrected chi connectivity index (χ4v) is 2.64. The molecule has 0 aliphatic carbocycles. The first-order valence-electron chi connectivity index (χ1n) is 4.53. The van der Waals surface area contributed by atoms with Crippen LogP contribution >= 0.6 is 38.5 Å². The number of hydrogen-bond donors (Lipinski definition) is 1. The lowest BCUT2D eigenvalue weighted by atomic mass is 10.1. The van der Waals surface area contributed by atoms with Gasteiger partial charge >= 0.3 is 0 Å². The molecule has 1 atom stereocenters. The molecule has 0 spiro atoms. The summed E-state index contributed by atoms with van der Waals surface area (Å²) in [6.45, 7) is 2.53. The Hall–Kier alpha value is 0.350. The van der Waals surface area contributed by atoms with E-state index in [0.717, 1.165) is 24.2 Å². The van der Waals surface area contributed by atoms with Crippen LogP contribution in [0.2, 0.25) is 0 Å². The Balaban J connectivity index is 2.24. The van der Waals surface area contributed by atoms with Crippen molar-refractivity contribution in [3.8, 4) is 0 Å². The molecule has 1 saturated heterocycles. The molecule has 76 valence electrons. The minimum absolute atomic E-state index is 0.341. The number of benzene rings is 1. The highest BCUT2D eigenvalue weighted by Gasteiger charge is 2.17. The average molecular weight is 368 g/mol. The van der Waals surface area contributed by atoms with Crippen LogP contribution in [0, 0.1) is 3.57 Å². The van der Waals surface area contributed by atoms with Crippen LogP contribution in [0.1, 0.15) is 11.6 Å². The predicted molar refractivity (Wildman–Crippen MR) is 68.4 cm³/mol. The molecule has 1 aliphatic rings. The maximum atomic E-state index is 5.45. The summed E-state index contributed by atoms with van der Waals surface area (Å²) in [4.78, 5) is 0. The lowest BCUT2D eigenvalue weighted by molar-refractivity contribution is 0.0766. The highest BCUT2D eigenvalue weighted by molar-refractivity contribution is 14.1. The van der Waals surface area contributed by atoms with Crippen LogP contribution in [-0.2, 0) is 4.74 Å². The lowest BCUT2D eigenvalue weighted by Crippen LogP contribution is -2.34. The summed E-state index contributed by atoms with van der Waals surface area (Å²) in [6, 6.07) is 6.69. The second-order valence-electron chi connectivity index (χ2n) is 3.25. The standard InChI is InChI=1S/C10H11BrINO/c11-7-1-2-9(12)8(5-7)10-6-14-4-3-13-10/h1-2,5,10,13H,3-4,6H2/t10-/m0/s1. The first kappa shape index (κ1) is 10.9. The van der Waals surface area contributed by atoms with Crippen molar-refractivity contribution in [1.82, 2.24) is 5.32 Å². The molecular formula is C10H11BrINO. The van der Waals surface area contributed by atoms with E-state index in [0.29, 0.717) is 6.04 Å². The molecule has 1 aromatic rings. The van der Waals surface area contributed by atoms with Crippen LogP contribution in [0.25, 0.3) is 0 Å². The zero-order valence-electron chi connectivity index (χ0n) is 7.59. The minimum atomic E-state index is 0.341. The highest BCUT2D eigenvalue weighted by Crippen LogP contribution is 2.25. The Labute approximate surface area is 106 Å². The normalized spacial score (nSPS) is 22.3. The van der Waals surface area contributed by atoms with Crippen LogP contribution in [0.3, 0.4) is 0 Å². The molecule has 2 rings (SSSR count). The van der Waals surface area contributed by atoms with E-state index >= 15 is 0 Å². The fourth-order valence-electron chi connectivity index (χ4n) is 1.55. The average Bonchev–Trinajstić information content (AvgIpc) is 2.23. The van der Waals surface area contributed by atoms with Crippen molar-refractivity contribution in [2.45, 2.75) is 6.04 Å². The summed E-state index contributed by atoms with van der Waals surface area (Å²) in [5, 5.41) is 3.45. The largest absolute Gasteiger partial charge is 0.378 e. The summed E-state index contributed by atoms with van der Waals surface area (Å²) in [6.07, 6.45) is 0. The number of morpholine rings is 1. The monoisotopic (exact) mass is 367 g/mol. The maximum Gasteiger partial charge on any atom is 0.0662 e. The van der Waals surface area contributed by atoms with Crippen molar-refractivity contribution >= 4 is 38.5 Å². The molecular weight excluding hydrogens is 357 g/mol. The molecule has 1 fully saturated rings. The molecule has 0 aromatic heterocycles. The first-order valence-corrected chi connectivity index (χ1v) is 6.40. The van der Waals surface area contributed by atoms with E-state index in [1.807, 2.05) is 0 Å².